The lowest BCUT2D eigenvalue weighted by atomic mass is 10.1. The third-order valence-corrected chi connectivity index (χ3v) is 3.61. The Labute approximate surface area is 99.4 Å². The second kappa shape index (κ2) is 3.59. The first-order valence-corrected chi connectivity index (χ1v) is 6.07. The maximum Gasteiger partial charge on any atom is 0.266 e. The Hall–Kier alpha value is -1.32. The minimum absolute atomic E-state index is 0.0693. The summed E-state index contributed by atoms with van der Waals surface area (Å²) in [5.41, 5.74) is 8.52. The van der Waals surface area contributed by atoms with Crippen LogP contribution in [0, 0.1) is 0 Å². The molecule has 1 aromatic carbocycles. The number of hydrogen-bond acceptors (Lipinski definition) is 2. The van der Waals surface area contributed by atoms with Crippen LogP contribution in [0.3, 0.4) is 0 Å². The van der Waals surface area contributed by atoms with Gasteiger partial charge in [0.25, 0.3) is 5.92 Å². The van der Waals surface area contributed by atoms with E-state index >= 15 is 0 Å². The molecule has 0 radical (unpaired) electrons. The summed E-state index contributed by atoms with van der Waals surface area (Å²) < 4.78 is 26.4. The van der Waals surface area contributed by atoms with Gasteiger partial charge in [0.15, 0.2) is 0 Å². The van der Waals surface area contributed by atoms with Gasteiger partial charge in [-0.15, -0.1) is 0 Å². The molecule has 92 valence electrons. The molecule has 0 amide bonds. The lowest BCUT2D eigenvalue weighted by Crippen LogP contribution is -2.25. The van der Waals surface area contributed by atoms with Crippen molar-refractivity contribution in [2.24, 2.45) is 0 Å². The fourth-order valence-electron chi connectivity index (χ4n) is 2.45. The molecule has 1 saturated heterocycles. The second-order valence-corrected chi connectivity index (χ2v) is 5.12. The molecule has 4 heteroatoms. The van der Waals surface area contributed by atoms with Crippen molar-refractivity contribution in [2.45, 2.75) is 31.1 Å². The summed E-state index contributed by atoms with van der Waals surface area (Å²) >= 11 is 0. The maximum absolute atomic E-state index is 13.2. The van der Waals surface area contributed by atoms with Gasteiger partial charge >= 0.3 is 0 Å². The summed E-state index contributed by atoms with van der Waals surface area (Å²) in [4.78, 5) is 1.71. The second-order valence-electron chi connectivity index (χ2n) is 5.12. The number of nitrogens with two attached hydrogens (primary N) is 1. The Kier molecular flexibility index (Phi) is 2.28. The lowest BCUT2D eigenvalue weighted by Gasteiger charge is -2.21. The maximum atomic E-state index is 13.2. The lowest BCUT2D eigenvalue weighted by molar-refractivity contribution is 0.0257. The molecule has 0 bridgehead atoms. The number of nitrogen functional groups attached to an aromatic ring is 1. The molecule has 0 spiro atoms. The van der Waals surface area contributed by atoms with Gasteiger partial charge in [0.05, 0.1) is 17.9 Å². The predicted molar refractivity (Wildman–Crippen MR) is 64.6 cm³/mol. The molecule has 2 N–H and O–H groups in total. The summed E-state index contributed by atoms with van der Waals surface area (Å²) in [6, 6.07) is 5.86. The number of hydrogen-bond donors (Lipinski definition) is 1. The van der Waals surface area contributed by atoms with Gasteiger partial charge < -0.3 is 10.6 Å². The van der Waals surface area contributed by atoms with E-state index in [1.165, 1.54) is 18.4 Å². The van der Waals surface area contributed by atoms with E-state index in [1.54, 1.807) is 4.90 Å². The van der Waals surface area contributed by atoms with Gasteiger partial charge in [0, 0.05) is 13.0 Å². The topological polar surface area (TPSA) is 29.3 Å². The van der Waals surface area contributed by atoms with E-state index in [2.05, 4.69) is 0 Å². The number of halogens is 2. The van der Waals surface area contributed by atoms with Gasteiger partial charge in [-0.2, -0.15) is 0 Å². The number of anilines is 2. The van der Waals surface area contributed by atoms with E-state index in [1.807, 2.05) is 18.2 Å². The molecule has 2 aliphatic rings. The smallest absolute Gasteiger partial charge is 0.266 e. The molecule has 1 aliphatic heterocycles. The molecule has 0 atom stereocenters. The first-order chi connectivity index (χ1) is 8.05. The Morgan fingerprint density at radius 1 is 1.29 bits per heavy atom. The molecule has 1 aliphatic carbocycles. The van der Waals surface area contributed by atoms with Crippen molar-refractivity contribution in [2.75, 3.05) is 23.7 Å². The number of alkyl halides is 2. The van der Waals surface area contributed by atoms with E-state index < -0.39 is 5.92 Å². The third-order valence-electron chi connectivity index (χ3n) is 3.61. The van der Waals surface area contributed by atoms with Gasteiger partial charge in [-0.1, -0.05) is 6.07 Å². The molecule has 1 saturated carbocycles. The average Bonchev–Trinajstić information content (AvgIpc) is 3.04. The summed E-state index contributed by atoms with van der Waals surface area (Å²) in [5, 5.41) is 0. The van der Waals surface area contributed by atoms with Crippen molar-refractivity contribution in [1.82, 2.24) is 0 Å². The van der Waals surface area contributed by atoms with Crippen molar-refractivity contribution < 1.29 is 8.78 Å². The van der Waals surface area contributed by atoms with Crippen molar-refractivity contribution in [1.29, 1.82) is 0 Å². The fraction of sp³-hybridized carbons (Fsp3) is 0.538. The van der Waals surface area contributed by atoms with Crippen molar-refractivity contribution in [3.05, 3.63) is 23.8 Å². The molecule has 0 aromatic heterocycles. The molecule has 2 nitrogen and oxygen atoms in total. The zero-order valence-corrected chi connectivity index (χ0v) is 9.63. The quantitative estimate of drug-likeness (QED) is 0.802. The van der Waals surface area contributed by atoms with Crippen LogP contribution in [0.15, 0.2) is 18.2 Å². The molecule has 3 rings (SSSR count). The van der Waals surface area contributed by atoms with Crippen molar-refractivity contribution >= 4 is 11.4 Å². The molecular weight excluding hydrogens is 222 g/mol. The number of nitrogens with zero attached hydrogens (tertiary/aromatic N) is 1. The van der Waals surface area contributed by atoms with Crippen molar-refractivity contribution in [3.63, 3.8) is 0 Å². The van der Waals surface area contributed by atoms with Crippen LogP contribution in [0.5, 0.6) is 0 Å². The SMILES string of the molecule is Nc1ccc(C2CC2)cc1N1CCC(F)(F)C1. The van der Waals surface area contributed by atoms with Crippen molar-refractivity contribution in [3.8, 4) is 0 Å². The Morgan fingerprint density at radius 2 is 2.06 bits per heavy atom. The molecule has 0 unspecified atom stereocenters. The first-order valence-electron chi connectivity index (χ1n) is 6.07. The summed E-state index contributed by atoms with van der Waals surface area (Å²) in [6.07, 6.45) is 2.35. The zero-order chi connectivity index (χ0) is 12.0. The highest BCUT2D eigenvalue weighted by molar-refractivity contribution is 5.69. The van der Waals surface area contributed by atoms with Crippen LogP contribution in [0.1, 0.15) is 30.7 Å². The van der Waals surface area contributed by atoms with Gasteiger partial charge in [0.1, 0.15) is 0 Å². The van der Waals surface area contributed by atoms with Gasteiger partial charge in [-0.05, 0) is 36.5 Å². The van der Waals surface area contributed by atoms with Crippen LogP contribution < -0.4 is 10.6 Å². The Balaban J connectivity index is 1.88. The van der Waals surface area contributed by atoms with E-state index in [4.69, 9.17) is 5.73 Å². The summed E-state index contributed by atoms with van der Waals surface area (Å²) in [5.74, 6) is -1.94. The average molecular weight is 238 g/mol. The van der Waals surface area contributed by atoms with E-state index in [0.717, 1.165) is 5.69 Å². The number of rotatable bonds is 2. The van der Waals surface area contributed by atoms with Crippen LogP contribution >= 0.6 is 0 Å². The molecule has 2 fully saturated rings. The highest BCUT2D eigenvalue weighted by Gasteiger charge is 2.39. The van der Waals surface area contributed by atoms with Crippen LogP contribution in [-0.4, -0.2) is 19.0 Å². The summed E-state index contributed by atoms with van der Waals surface area (Å²) in [7, 11) is 0. The highest BCUT2D eigenvalue weighted by atomic mass is 19.3. The Morgan fingerprint density at radius 3 is 2.65 bits per heavy atom. The van der Waals surface area contributed by atoms with E-state index in [0.29, 0.717) is 18.2 Å². The largest absolute Gasteiger partial charge is 0.397 e. The van der Waals surface area contributed by atoms with Gasteiger partial charge in [-0.25, -0.2) is 8.78 Å². The van der Waals surface area contributed by atoms with Gasteiger partial charge in [-0.3, -0.25) is 0 Å². The minimum Gasteiger partial charge on any atom is -0.397 e. The molecular formula is C13H16F2N2. The Bertz CT molecular complexity index is 441. The third kappa shape index (κ3) is 2.08. The predicted octanol–water partition coefficient (Wildman–Crippen LogP) is 2.99. The van der Waals surface area contributed by atoms with Crippen LogP contribution in [0.2, 0.25) is 0 Å². The zero-order valence-electron chi connectivity index (χ0n) is 9.63. The molecule has 17 heavy (non-hydrogen) atoms. The minimum atomic E-state index is -2.57. The van der Waals surface area contributed by atoms with Crippen LogP contribution in [-0.2, 0) is 0 Å². The van der Waals surface area contributed by atoms with Gasteiger partial charge in [0.2, 0.25) is 0 Å². The van der Waals surface area contributed by atoms with E-state index in [9.17, 15) is 8.78 Å². The standard InChI is InChI=1S/C13H16F2N2/c14-13(15)5-6-17(8-13)12-7-10(9-1-2-9)3-4-11(12)16/h3-4,7,9H,1-2,5-6,8,16H2. The van der Waals surface area contributed by atoms with Crippen LogP contribution in [0.4, 0.5) is 20.2 Å². The van der Waals surface area contributed by atoms with E-state index in [-0.39, 0.29) is 13.0 Å². The first kappa shape index (κ1) is 10.8. The molecule has 1 aromatic rings. The molecule has 1 heterocycles. The monoisotopic (exact) mass is 238 g/mol. The summed E-state index contributed by atoms with van der Waals surface area (Å²) in [6.45, 7) is 0.191. The van der Waals surface area contributed by atoms with Crippen LogP contribution in [0.25, 0.3) is 0 Å². The normalized spacial score (nSPS) is 23.1. The fourth-order valence-corrected chi connectivity index (χ4v) is 2.45. The number of benzene rings is 1. The highest BCUT2D eigenvalue weighted by Crippen LogP contribution is 2.43.